The van der Waals surface area contributed by atoms with Crippen LogP contribution in [0.4, 0.5) is 5.82 Å². The highest BCUT2D eigenvalue weighted by molar-refractivity contribution is 5.40. The number of pyridine rings is 1. The highest BCUT2D eigenvalue weighted by Crippen LogP contribution is 2.24. The van der Waals surface area contributed by atoms with E-state index in [1.165, 1.54) is 0 Å². The van der Waals surface area contributed by atoms with Crippen LogP contribution in [0.5, 0.6) is 0 Å². The molecular weight excluding hydrogens is 254 g/mol. The molecule has 0 amide bonds. The molecule has 6 nitrogen and oxygen atoms in total. The fourth-order valence-electron chi connectivity index (χ4n) is 2.43. The SMILES string of the molecule is CC1(O)CCN(c2cccc(Cn3ccnn3)n2)CC1. The molecule has 3 rings (SSSR count). The maximum atomic E-state index is 10.00. The molecule has 0 saturated carbocycles. The smallest absolute Gasteiger partial charge is 0.128 e. The molecule has 1 saturated heterocycles. The van der Waals surface area contributed by atoms with Crippen molar-refractivity contribution >= 4 is 5.82 Å². The van der Waals surface area contributed by atoms with Crippen LogP contribution in [0, 0.1) is 0 Å². The van der Waals surface area contributed by atoms with Gasteiger partial charge in [0.05, 0.1) is 24.0 Å². The minimum Gasteiger partial charge on any atom is -0.390 e. The number of hydrogen-bond donors (Lipinski definition) is 1. The first-order valence-corrected chi connectivity index (χ1v) is 6.90. The number of nitrogens with zero attached hydrogens (tertiary/aromatic N) is 5. The van der Waals surface area contributed by atoms with Crippen molar-refractivity contribution in [3.05, 3.63) is 36.3 Å². The van der Waals surface area contributed by atoms with Crippen LogP contribution in [-0.4, -0.2) is 43.8 Å². The monoisotopic (exact) mass is 273 g/mol. The van der Waals surface area contributed by atoms with E-state index in [4.69, 9.17) is 0 Å². The minimum absolute atomic E-state index is 0.533. The number of piperidine rings is 1. The molecule has 0 aliphatic carbocycles. The van der Waals surface area contributed by atoms with Crippen molar-refractivity contribution in [3.8, 4) is 0 Å². The second kappa shape index (κ2) is 5.20. The predicted molar refractivity (Wildman–Crippen MR) is 75.4 cm³/mol. The minimum atomic E-state index is -0.533. The third kappa shape index (κ3) is 2.96. The summed E-state index contributed by atoms with van der Waals surface area (Å²) >= 11 is 0. The van der Waals surface area contributed by atoms with Gasteiger partial charge in [0.15, 0.2) is 0 Å². The molecule has 2 aromatic heterocycles. The van der Waals surface area contributed by atoms with Crippen LogP contribution in [0.3, 0.4) is 0 Å². The lowest BCUT2D eigenvalue weighted by Gasteiger charge is -2.36. The molecule has 0 unspecified atom stereocenters. The van der Waals surface area contributed by atoms with E-state index >= 15 is 0 Å². The zero-order valence-corrected chi connectivity index (χ0v) is 11.6. The van der Waals surface area contributed by atoms with Gasteiger partial charge in [-0.15, -0.1) is 5.10 Å². The number of rotatable bonds is 3. The van der Waals surface area contributed by atoms with Crippen LogP contribution >= 0.6 is 0 Å². The van der Waals surface area contributed by atoms with E-state index in [1.807, 2.05) is 31.3 Å². The van der Waals surface area contributed by atoms with Gasteiger partial charge in [-0.2, -0.15) is 0 Å². The average molecular weight is 273 g/mol. The van der Waals surface area contributed by atoms with Gasteiger partial charge in [0.25, 0.3) is 0 Å². The zero-order chi connectivity index (χ0) is 14.0. The van der Waals surface area contributed by atoms with Crippen LogP contribution in [-0.2, 0) is 6.54 Å². The van der Waals surface area contributed by atoms with E-state index in [2.05, 4.69) is 20.2 Å². The van der Waals surface area contributed by atoms with Crippen molar-refractivity contribution in [3.63, 3.8) is 0 Å². The molecule has 1 aliphatic rings. The molecule has 0 radical (unpaired) electrons. The van der Waals surface area contributed by atoms with Crippen LogP contribution < -0.4 is 4.90 Å². The van der Waals surface area contributed by atoms with Gasteiger partial charge in [-0.3, -0.25) is 0 Å². The summed E-state index contributed by atoms with van der Waals surface area (Å²) in [6.07, 6.45) is 5.05. The summed E-state index contributed by atoms with van der Waals surface area (Å²) in [5.41, 5.74) is 0.430. The van der Waals surface area contributed by atoms with Crippen molar-refractivity contribution < 1.29 is 5.11 Å². The highest BCUT2D eigenvalue weighted by Gasteiger charge is 2.27. The summed E-state index contributed by atoms with van der Waals surface area (Å²) in [4.78, 5) is 6.90. The van der Waals surface area contributed by atoms with Crippen LogP contribution in [0.15, 0.2) is 30.6 Å². The third-order valence-corrected chi connectivity index (χ3v) is 3.75. The van der Waals surface area contributed by atoms with Crippen LogP contribution in [0.2, 0.25) is 0 Å². The quantitative estimate of drug-likeness (QED) is 0.906. The highest BCUT2D eigenvalue weighted by atomic mass is 16.3. The Hall–Kier alpha value is -1.95. The molecule has 0 spiro atoms. The summed E-state index contributed by atoms with van der Waals surface area (Å²) in [7, 11) is 0. The Morgan fingerprint density at radius 3 is 2.80 bits per heavy atom. The van der Waals surface area contributed by atoms with E-state index in [0.717, 1.165) is 37.4 Å². The van der Waals surface area contributed by atoms with Gasteiger partial charge in [-0.25, -0.2) is 9.67 Å². The van der Waals surface area contributed by atoms with Crippen molar-refractivity contribution in [2.24, 2.45) is 0 Å². The lowest BCUT2D eigenvalue weighted by molar-refractivity contribution is 0.0350. The van der Waals surface area contributed by atoms with E-state index in [1.54, 1.807) is 10.9 Å². The fraction of sp³-hybridized carbons (Fsp3) is 0.500. The largest absolute Gasteiger partial charge is 0.390 e. The molecule has 20 heavy (non-hydrogen) atoms. The number of aliphatic hydroxyl groups is 1. The fourth-order valence-corrected chi connectivity index (χ4v) is 2.43. The second-order valence-corrected chi connectivity index (χ2v) is 5.57. The van der Waals surface area contributed by atoms with Crippen molar-refractivity contribution in [1.82, 2.24) is 20.0 Å². The predicted octanol–water partition coefficient (Wildman–Crippen LogP) is 1.07. The zero-order valence-electron chi connectivity index (χ0n) is 11.6. The number of aromatic nitrogens is 4. The molecule has 3 heterocycles. The van der Waals surface area contributed by atoms with Crippen molar-refractivity contribution in [2.75, 3.05) is 18.0 Å². The van der Waals surface area contributed by atoms with Gasteiger partial charge in [0.2, 0.25) is 0 Å². The summed E-state index contributed by atoms with van der Waals surface area (Å²) in [6, 6.07) is 6.03. The van der Waals surface area contributed by atoms with Crippen molar-refractivity contribution in [1.29, 1.82) is 0 Å². The molecular formula is C14H19N5O. The summed E-state index contributed by atoms with van der Waals surface area (Å²) in [5, 5.41) is 17.7. The summed E-state index contributed by atoms with van der Waals surface area (Å²) < 4.78 is 1.76. The van der Waals surface area contributed by atoms with E-state index in [9.17, 15) is 5.11 Å². The van der Waals surface area contributed by atoms with Crippen molar-refractivity contribution in [2.45, 2.75) is 31.9 Å². The van der Waals surface area contributed by atoms with E-state index < -0.39 is 5.60 Å². The molecule has 6 heteroatoms. The normalized spacial score (nSPS) is 18.2. The topological polar surface area (TPSA) is 67.1 Å². The van der Waals surface area contributed by atoms with Gasteiger partial charge in [0, 0.05) is 19.3 Å². The molecule has 106 valence electrons. The van der Waals surface area contributed by atoms with Crippen LogP contribution in [0.1, 0.15) is 25.5 Å². The average Bonchev–Trinajstić information content (AvgIpc) is 2.92. The summed E-state index contributed by atoms with van der Waals surface area (Å²) in [6.45, 7) is 4.21. The number of anilines is 1. The maximum Gasteiger partial charge on any atom is 0.128 e. The standard InChI is InChI=1S/C14H19N5O/c1-14(20)5-8-18(9-6-14)13-4-2-3-12(16-13)11-19-10-7-15-17-19/h2-4,7,10,20H,5-6,8-9,11H2,1H3. The molecule has 0 aromatic carbocycles. The van der Waals surface area contributed by atoms with Gasteiger partial charge in [-0.05, 0) is 31.9 Å². The first-order chi connectivity index (χ1) is 9.62. The van der Waals surface area contributed by atoms with Gasteiger partial charge in [-0.1, -0.05) is 11.3 Å². The van der Waals surface area contributed by atoms with Gasteiger partial charge >= 0.3 is 0 Å². The Kier molecular flexibility index (Phi) is 3.40. The molecule has 2 aromatic rings. The maximum absolute atomic E-state index is 10.00. The molecule has 0 atom stereocenters. The first kappa shape index (κ1) is 13.1. The number of hydrogen-bond acceptors (Lipinski definition) is 5. The Morgan fingerprint density at radius 2 is 2.10 bits per heavy atom. The molecule has 1 fully saturated rings. The lowest BCUT2D eigenvalue weighted by atomic mass is 9.94. The Balaban J connectivity index is 1.71. The third-order valence-electron chi connectivity index (χ3n) is 3.75. The Morgan fingerprint density at radius 1 is 1.30 bits per heavy atom. The van der Waals surface area contributed by atoms with E-state index in [0.29, 0.717) is 6.54 Å². The summed E-state index contributed by atoms with van der Waals surface area (Å²) in [5.74, 6) is 0.970. The second-order valence-electron chi connectivity index (χ2n) is 5.57. The van der Waals surface area contributed by atoms with Gasteiger partial charge < -0.3 is 10.0 Å². The molecule has 1 aliphatic heterocycles. The molecule has 1 N–H and O–H groups in total. The Labute approximate surface area is 118 Å². The molecule has 0 bridgehead atoms. The van der Waals surface area contributed by atoms with Gasteiger partial charge in [0.1, 0.15) is 5.82 Å². The van der Waals surface area contributed by atoms with Crippen LogP contribution in [0.25, 0.3) is 0 Å². The Bertz CT molecular complexity index is 557. The lowest BCUT2D eigenvalue weighted by Crippen LogP contribution is -2.42. The first-order valence-electron chi connectivity index (χ1n) is 6.90. The van der Waals surface area contributed by atoms with E-state index in [-0.39, 0.29) is 0 Å².